The Labute approximate surface area is 215 Å². The number of anilines is 3. The lowest BCUT2D eigenvalue weighted by molar-refractivity contribution is 0.102. The van der Waals surface area contributed by atoms with E-state index in [1.54, 1.807) is 31.4 Å². The molecule has 8 nitrogen and oxygen atoms in total. The number of aromatic nitrogens is 1. The summed E-state index contributed by atoms with van der Waals surface area (Å²) in [5, 5.41) is 17.3. The van der Waals surface area contributed by atoms with Gasteiger partial charge in [-0.2, -0.15) is 5.26 Å². The summed E-state index contributed by atoms with van der Waals surface area (Å²) < 4.78 is 10.7. The number of amides is 1. The minimum absolute atomic E-state index is 0.213. The van der Waals surface area contributed by atoms with Crippen LogP contribution >= 0.6 is 0 Å². The van der Waals surface area contributed by atoms with Crippen LogP contribution in [0.1, 0.15) is 21.5 Å². The third kappa shape index (κ3) is 5.32. The van der Waals surface area contributed by atoms with Gasteiger partial charge in [0.15, 0.2) is 5.82 Å². The summed E-state index contributed by atoms with van der Waals surface area (Å²) in [4.78, 5) is 20.0. The second-order valence-electron chi connectivity index (χ2n) is 8.64. The van der Waals surface area contributed by atoms with Gasteiger partial charge in [0, 0.05) is 36.3 Å². The summed E-state index contributed by atoms with van der Waals surface area (Å²) in [5.41, 5.74) is 4.15. The van der Waals surface area contributed by atoms with Gasteiger partial charge in [0.25, 0.3) is 5.91 Å². The smallest absolute Gasteiger partial charge is 0.256 e. The summed E-state index contributed by atoms with van der Waals surface area (Å²) in [6, 6.07) is 25.0. The summed E-state index contributed by atoms with van der Waals surface area (Å²) in [7, 11) is 1.57. The molecule has 5 rings (SSSR count). The van der Waals surface area contributed by atoms with Crippen molar-refractivity contribution in [2.75, 3.05) is 48.9 Å². The first-order valence-corrected chi connectivity index (χ1v) is 12.1. The summed E-state index contributed by atoms with van der Waals surface area (Å²) in [6.45, 7) is 3.46. The molecule has 0 aliphatic carbocycles. The molecule has 1 aliphatic heterocycles. The molecular weight excluding hydrogens is 466 g/mol. The molecule has 1 fully saturated rings. The molecule has 2 heterocycles. The van der Waals surface area contributed by atoms with Gasteiger partial charge in [0.2, 0.25) is 0 Å². The fraction of sp³-hybridized carbons (Fsp3) is 0.207. The van der Waals surface area contributed by atoms with Crippen molar-refractivity contribution in [1.82, 2.24) is 4.98 Å². The molecule has 2 N–H and O–H groups in total. The number of hydrogen-bond donors (Lipinski definition) is 2. The molecule has 0 unspecified atom stereocenters. The van der Waals surface area contributed by atoms with Crippen molar-refractivity contribution >= 4 is 34.0 Å². The quantitative estimate of drug-likeness (QED) is 0.381. The number of carbonyl (C=O) groups is 1. The van der Waals surface area contributed by atoms with Gasteiger partial charge in [-0.25, -0.2) is 4.98 Å². The Morgan fingerprint density at radius 1 is 1.08 bits per heavy atom. The molecule has 186 valence electrons. The van der Waals surface area contributed by atoms with Crippen molar-refractivity contribution in [3.63, 3.8) is 0 Å². The first-order chi connectivity index (χ1) is 18.2. The second-order valence-corrected chi connectivity index (χ2v) is 8.64. The maximum Gasteiger partial charge on any atom is 0.256 e. The lowest BCUT2D eigenvalue weighted by atomic mass is 10.1. The molecule has 1 aromatic heterocycles. The van der Waals surface area contributed by atoms with Crippen LogP contribution in [0.2, 0.25) is 0 Å². The van der Waals surface area contributed by atoms with E-state index in [1.165, 1.54) is 0 Å². The Balaban J connectivity index is 1.55. The summed E-state index contributed by atoms with van der Waals surface area (Å²) in [5.74, 6) is 0.511. The highest BCUT2D eigenvalue weighted by atomic mass is 16.5. The van der Waals surface area contributed by atoms with Crippen LogP contribution in [0.4, 0.5) is 17.2 Å². The van der Waals surface area contributed by atoms with Crippen LogP contribution in [-0.4, -0.2) is 44.3 Å². The van der Waals surface area contributed by atoms with Gasteiger partial charge in [-0.1, -0.05) is 30.3 Å². The molecule has 4 aromatic rings. The first-order valence-electron chi connectivity index (χ1n) is 12.1. The van der Waals surface area contributed by atoms with E-state index in [0.717, 1.165) is 29.7 Å². The number of nitrogens with one attached hydrogen (secondary N) is 2. The topological polar surface area (TPSA) is 99.5 Å². The number of ether oxygens (including phenoxy) is 2. The number of fused-ring (bicyclic) bond motifs is 1. The number of hydrogen-bond acceptors (Lipinski definition) is 7. The van der Waals surface area contributed by atoms with Crippen LogP contribution in [0.25, 0.3) is 10.9 Å². The van der Waals surface area contributed by atoms with Crippen LogP contribution in [0.3, 0.4) is 0 Å². The van der Waals surface area contributed by atoms with Crippen molar-refractivity contribution in [1.29, 1.82) is 5.26 Å². The molecule has 1 saturated heterocycles. The monoisotopic (exact) mass is 493 g/mol. The van der Waals surface area contributed by atoms with Crippen molar-refractivity contribution in [2.24, 2.45) is 0 Å². The molecule has 0 radical (unpaired) electrons. The Morgan fingerprint density at radius 2 is 1.84 bits per heavy atom. The fourth-order valence-electron chi connectivity index (χ4n) is 4.36. The van der Waals surface area contributed by atoms with Crippen molar-refractivity contribution < 1.29 is 14.3 Å². The normalized spacial score (nSPS) is 13.1. The van der Waals surface area contributed by atoms with Gasteiger partial charge in [0.05, 0.1) is 31.5 Å². The van der Waals surface area contributed by atoms with Crippen LogP contribution in [0.5, 0.6) is 5.75 Å². The van der Waals surface area contributed by atoms with Gasteiger partial charge < -0.3 is 25.0 Å². The Hall–Kier alpha value is -4.61. The van der Waals surface area contributed by atoms with E-state index in [0.29, 0.717) is 42.3 Å². The predicted octanol–water partition coefficient (Wildman–Crippen LogP) is 4.82. The van der Waals surface area contributed by atoms with E-state index >= 15 is 0 Å². The predicted molar refractivity (Wildman–Crippen MR) is 144 cm³/mol. The number of benzene rings is 3. The molecular formula is C29H27N5O3. The SMILES string of the molecule is COc1ccc(C(=O)Nc2nc3ccc(N4CCOCC4)cc3c(NCc3ccccc3)c2C#N)cc1. The van der Waals surface area contributed by atoms with Crippen LogP contribution < -0.4 is 20.3 Å². The van der Waals surface area contributed by atoms with E-state index in [4.69, 9.17) is 9.47 Å². The molecule has 8 heteroatoms. The minimum Gasteiger partial charge on any atom is -0.497 e. The third-order valence-corrected chi connectivity index (χ3v) is 6.35. The van der Waals surface area contributed by atoms with Crippen molar-refractivity contribution in [2.45, 2.75) is 6.54 Å². The average Bonchev–Trinajstić information content (AvgIpc) is 2.96. The molecule has 0 saturated carbocycles. The van der Waals surface area contributed by atoms with E-state index in [-0.39, 0.29) is 17.3 Å². The highest BCUT2D eigenvalue weighted by Gasteiger charge is 2.20. The van der Waals surface area contributed by atoms with Gasteiger partial charge in [0.1, 0.15) is 17.4 Å². The summed E-state index contributed by atoms with van der Waals surface area (Å²) >= 11 is 0. The number of nitrogens with zero attached hydrogens (tertiary/aromatic N) is 3. The standard InChI is InChI=1S/C29H27N5O3/c1-36-23-10-7-21(8-11-23)29(35)33-28-25(18-30)27(31-19-20-5-3-2-4-6-20)24-17-22(9-12-26(24)32-28)34-13-15-37-16-14-34/h2-12,17H,13-16,19H2,1H3,(H2,31,32,33,35). The lowest BCUT2D eigenvalue weighted by Gasteiger charge is -2.29. The van der Waals surface area contributed by atoms with Crippen LogP contribution in [0.15, 0.2) is 72.8 Å². The van der Waals surface area contributed by atoms with Gasteiger partial charge in [-0.15, -0.1) is 0 Å². The molecule has 0 atom stereocenters. The molecule has 0 bridgehead atoms. The van der Waals surface area contributed by atoms with E-state index in [1.807, 2.05) is 42.5 Å². The Kier molecular flexibility index (Phi) is 7.15. The maximum atomic E-state index is 13.0. The zero-order valence-electron chi connectivity index (χ0n) is 20.5. The number of methoxy groups -OCH3 is 1. The minimum atomic E-state index is -0.357. The molecule has 3 aromatic carbocycles. The van der Waals surface area contributed by atoms with Crippen LogP contribution in [0, 0.1) is 11.3 Å². The van der Waals surface area contributed by atoms with Crippen LogP contribution in [-0.2, 0) is 11.3 Å². The zero-order valence-corrected chi connectivity index (χ0v) is 20.5. The molecule has 0 spiro atoms. The Morgan fingerprint density at radius 3 is 2.54 bits per heavy atom. The second kappa shape index (κ2) is 11.0. The molecule has 1 amide bonds. The van der Waals surface area contributed by atoms with E-state index in [2.05, 4.69) is 32.7 Å². The average molecular weight is 494 g/mol. The fourth-order valence-corrected chi connectivity index (χ4v) is 4.36. The lowest BCUT2D eigenvalue weighted by Crippen LogP contribution is -2.36. The van der Waals surface area contributed by atoms with Crippen molar-refractivity contribution in [3.8, 4) is 11.8 Å². The van der Waals surface area contributed by atoms with Gasteiger partial charge in [-0.05, 0) is 48.0 Å². The number of morpholine rings is 1. The van der Waals surface area contributed by atoms with E-state index in [9.17, 15) is 10.1 Å². The zero-order chi connectivity index (χ0) is 25.6. The highest BCUT2D eigenvalue weighted by molar-refractivity contribution is 6.07. The first kappa shape index (κ1) is 24.1. The number of rotatable bonds is 7. The Bertz CT molecular complexity index is 1440. The largest absolute Gasteiger partial charge is 0.497 e. The highest BCUT2D eigenvalue weighted by Crippen LogP contribution is 2.34. The maximum absolute atomic E-state index is 13.0. The molecule has 1 aliphatic rings. The van der Waals surface area contributed by atoms with Gasteiger partial charge >= 0.3 is 0 Å². The number of carbonyl (C=O) groups excluding carboxylic acids is 1. The van der Waals surface area contributed by atoms with Crippen molar-refractivity contribution in [3.05, 3.63) is 89.5 Å². The summed E-state index contributed by atoms with van der Waals surface area (Å²) in [6.07, 6.45) is 0. The molecule has 37 heavy (non-hydrogen) atoms. The van der Waals surface area contributed by atoms with Gasteiger partial charge in [-0.3, -0.25) is 4.79 Å². The number of pyridine rings is 1. The van der Waals surface area contributed by atoms with E-state index < -0.39 is 0 Å². The third-order valence-electron chi connectivity index (χ3n) is 6.35. The number of nitriles is 1.